The number of hydrogen-bond donors (Lipinski definition) is 0. The van der Waals surface area contributed by atoms with Crippen LogP contribution in [0.1, 0.15) is 5.56 Å². The van der Waals surface area contributed by atoms with Crippen molar-refractivity contribution in [1.82, 2.24) is 0 Å². The zero-order valence-electron chi connectivity index (χ0n) is 7.17. The first-order valence-corrected chi connectivity index (χ1v) is 5.65. The molecular weight excluding hydrogens is 208 g/mol. The number of fused-ring (bicyclic) bond motifs is 1. The Bertz CT molecular complexity index is 328. The van der Waals surface area contributed by atoms with Gasteiger partial charge in [-0.2, -0.15) is 11.8 Å². The molecule has 0 saturated heterocycles. The summed E-state index contributed by atoms with van der Waals surface area (Å²) < 4.78 is 10.5. The predicted molar refractivity (Wildman–Crippen MR) is 54.8 cm³/mol. The minimum absolute atomic E-state index is 0.276. The van der Waals surface area contributed by atoms with Crippen molar-refractivity contribution in [1.29, 1.82) is 0 Å². The van der Waals surface area contributed by atoms with E-state index in [4.69, 9.17) is 21.1 Å². The zero-order valence-corrected chi connectivity index (χ0v) is 8.74. The van der Waals surface area contributed by atoms with Crippen molar-refractivity contribution in [3.8, 4) is 11.5 Å². The molecule has 0 aliphatic carbocycles. The van der Waals surface area contributed by atoms with Gasteiger partial charge in [0.15, 0.2) is 11.5 Å². The fourth-order valence-electron chi connectivity index (χ4n) is 1.27. The summed E-state index contributed by atoms with van der Waals surface area (Å²) in [4.78, 5) is 0. The molecule has 1 heterocycles. The molecule has 0 aromatic heterocycles. The summed E-state index contributed by atoms with van der Waals surface area (Å²) in [6.07, 6.45) is 2.05. The maximum atomic E-state index is 6.00. The fraction of sp³-hybridized carbons (Fsp3) is 0.333. The average Bonchev–Trinajstić information content (AvgIpc) is 2.53. The molecule has 4 heteroatoms. The first-order valence-electron chi connectivity index (χ1n) is 3.88. The molecule has 1 aliphatic heterocycles. The van der Waals surface area contributed by atoms with Gasteiger partial charge in [-0.25, -0.2) is 0 Å². The van der Waals surface area contributed by atoms with Crippen LogP contribution in [0.25, 0.3) is 0 Å². The van der Waals surface area contributed by atoms with Crippen LogP contribution < -0.4 is 9.47 Å². The Labute approximate surface area is 86.2 Å². The van der Waals surface area contributed by atoms with Crippen LogP contribution >= 0.6 is 23.4 Å². The monoisotopic (exact) mass is 216 g/mol. The van der Waals surface area contributed by atoms with Crippen LogP contribution in [0, 0.1) is 0 Å². The molecule has 0 amide bonds. The Hall–Kier alpha value is -0.540. The van der Waals surface area contributed by atoms with E-state index in [9.17, 15) is 0 Å². The van der Waals surface area contributed by atoms with E-state index in [1.54, 1.807) is 11.8 Å². The highest BCUT2D eigenvalue weighted by atomic mass is 35.5. The van der Waals surface area contributed by atoms with E-state index in [1.165, 1.54) is 5.56 Å². The lowest BCUT2D eigenvalue weighted by atomic mass is 10.2. The van der Waals surface area contributed by atoms with E-state index in [2.05, 4.69) is 6.26 Å². The lowest BCUT2D eigenvalue weighted by molar-refractivity contribution is 0.174. The normalized spacial score (nSPS) is 13.4. The van der Waals surface area contributed by atoms with Crippen LogP contribution in [-0.2, 0) is 5.75 Å². The minimum atomic E-state index is 0.276. The molecule has 0 spiro atoms. The third-order valence-corrected chi connectivity index (χ3v) is 2.70. The largest absolute Gasteiger partial charge is 0.454 e. The van der Waals surface area contributed by atoms with Gasteiger partial charge < -0.3 is 9.47 Å². The highest BCUT2D eigenvalue weighted by molar-refractivity contribution is 7.97. The quantitative estimate of drug-likeness (QED) is 0.758. The van der Waals surface area contributed by atoms with Crippen LogP contribution in [-0.4, -0.2) is 13.0 Å². The van der Waals surface area contributed by atoms with Gasteiger partial charge in [0.05, 0.1) is 5.02 Å². The van der Waals surface area contributed by atoms with E-state index in [1.807, 2.05) is 12.1 Å². The molecule has 1 aromatic rings. The lowest BCUT2D eigenvalue weighted by Crippen LogP contribution is -1.93. The second kappa shape index (κ2) is 3.68. The first-order chi connectivity index (χ1) is 6.31. The highest BCUT2D eigenvalue weighted by Crippen LogP contribution is 2.40. The van der Waals surface area contributed by atoms with Gasteiger partial charge >= 0.3 is 0 Å². The van der Waals surface area contributed by atoms with Crippen molar-refractivity contribution in [2.45, 2.75) is 5.75 Å². The molecule has 0 atom stereocenters. The Morgan fingerprint density at radius 3 is 3.08 bits per heavy atom. The molecule has 2 nitrogen and oxygen atoms in total. The first kappa shape index (κ1) is 9.03. The summed E-state index contributed by atoms with van der Waals surface area (Å²) in [7, 11) is 0. The van der Waals surface area contributed by atoms with Crippen LogP contribution in [0.3, 0.4) is 0 Å². The van der Waals surface area contributed by atoms with Crippen molar-refractivity contribution in [2.75, 3.05) is 13.0 Å². The molecule has 2 rings (SSSR count). The second-order valence-electron chi connectivity index (χ2n) is 2.74. The molecule has 1 aliphatic rings. The van der Waals surface area contributed by atoms with Gasteiger partial charge in [-0.05, 0) is 24.0 Å². The van der Waals surface area contributed by atoms with Gasteiger partial charge in [0.1, 0.15) is 0 Å². The summed E-state index contributed by atoms with van der Waals surface area (Å²) in [6, 6.07) is 3.90. The van der Waals surface area contributed by atoms with Crippen LogP contribution in [0.15, 0.2) is 12.1 Å². The Morgan fingerprint density at radius 1 is 1.46 bits per heavy atom. The zero-order chi connectivity index (χ0) is 9.26. The van der Waals surface area contributed by atoms with E-state index < -0.39 is 0 Å². The standard InChI is InChI=1S/C9H9ClO2S/c1-13-4-6-2-7(10)9-8(3-6)11-5-12-9/h2-3H,4-5H2,1H3. The Morgan fingerprint density at radius 2 is 2.31 bits per heavy atom. The third-order valence-electron chi connectivity index (χ3n) is 1.80. The van der Waals surface area contributed by atoms with Gasteiger partial charge in [-0.3, -0.25) is 0 Å². The average molecular weight is 217 g/mol. The fourth-order valence-corrected chi connectivity index (χ4v) is 2.06. The molecule has 0 saturated carbocycles. The maximum absolute atomic E-state index is 6.00. The smallest absolute Gasteiger partial charge is 0.231 e. The third kappa shape index (κ3) is 1.71. The summed E-state index contributed by atoms with van der Waals surface area (Å²) >= 11 is 7.75. The molecule has 1 aromatic carbocycles. The summed E-state index contributed by atoms with van der Waals surface area (Å²) in [5.41, 5.74) is 1.17. The molecule has 0 N–H and O–H groups in total. The Balaban J connectivity index is 2.37. The van der Waals surface area contributed by atoms with Gasteiger partial charge in [-0.1, -0.05) is 11.6 Å². The second-order valence-corrected chi connectivity index (χ2v) is 4.02. The number of benzene rings is 1. The van der Waals surface area contributed by atoms with E-state index in [-0.39, 0.29) is 6.79 Å². The van der Waals surface area contributed by atoms with Gasteiger partial charge in [-0.15, -0.1) is 0 Å². The van der Waals surface area contributed by atoms with Crippen LogP contribution in [0.5, 0.6) is 11.5 Å². The van der Waals surface area contributed by atoms with Gasteiger partial charge in [0, 0.05) is 5.75 Å². The van der Waals surface area contributed by atoms with E-state index in [0.29, 0.717) is 10.8 Å². The van der Waals surface area contributed by atoms with Crippen molar-refractivity contribution in [3.05, 3.63) is 22.7 Å². The predicted octanol–water partition coefficient (Wildman–Crippen LogP) is 2.93. The molecular formula is C9H9ClO2S. The van der Waals surface area contributed by atoms with Crippen molar-refractivity contribution in [3.63, 3.8) is 0 Å². The van der Waals surface area contributed by atoms with Gasteiger partial charge in [0.2, 0.25) is 6.79 Å². The molecule has 0 radical (unpaired) electrons. The van der Waals surface area contributed by atoms with Crippen LogP contribution in [0.2, 0.25) is 5.02 Å². The topological polar surface area (TPSA) is 18.5 Å². The van der Waals surface area contributed by atoms with Crippen molar-refractivity contribution in [2.24, 2.45) is 0 Å². The molecule has 0 fully saturated rings. The number of hydrogen-bond acceptors (Lipinski definition) is 3. The summed E-state index contributed by atoms with van der Waals surface area (Å²) in [5.74, 6) is 2.37. The Kier molecular flexibility index (Phi) is 2.56. The lowest BCUT2D eigenvalue weighted by Gasteiger charge is -2.02. The van der Waals surface area contributed by atoms with E-state index >= 15 is 0 Å². The summed E-state index contributed by atoms with van der Waals surface area (Å²) in [5, 5.41) is 0.638. The number of halogens is 1. The minimum Gasteiger partial charge on any atom is -0.454 e. The number of thioether (sulfide) groups is 1. The molecule has 70 valence electrons. The number of rotatable bonds is 2. The molecule has 0 bridgehead atoms. The summed E-state index contributed by atoms with van der Waals surface area (Å²) in [6.45, 7) is 0.276. The maximum Gasteiger partial charge on any atom is 0.231 e. The van der Waals surface area contributed by atoms with Gasteiger partial charge in [0.25, 0.3) is 0 Å². The van der Waals surface area contributed by atoms with Crippen LogP contribution in [0.4, 0.5) is 0 Å². The SMILES string of the molecule is CSCc1cc(Cl)c2c(c1)OCO2. The van der Waals surface area contributed by atoms with E-state index in [0.717, 1.165) is 11.5 Å². The molecule has 0 unspecified atom stereocenters. The highest BCUT2D eigenvalue weighted by Gasteiger charge is 2.17. The molecule has 13 heavy (non-hydrogen) atoms. The van der Waals surface area contributed by atoms with Crippen molar-refractivity contribution >= 4 is 23.4 Å². The number of ether oxygens (including phenoxy) is 2. The van der Waals surface area contributed by atoms with Crippen molar-refractivity contribution < 1.29 is 9.47 Å².